The van der Waals surface area contributed by atoms with Crippen molar-refractivity contribution in [2.75, 3.05) is 0 Å². The van der Waals surface area contributed by atoms with Gasteiger partial charge in [0.05, 0.1) is 12.7 Å². The van der Waals surface area contributed by atoms with Crippen LogP contribution in [0, 0.1) is 0 Å². The molecule has 2 aromatic rings. The van der Waals surface area contributed by atoms with Crippen molar-refractivity contribution in [1.82, 2.24) is 4.98 Å². The maximum Gasteiger partial charge on any atom is 0.221 e. The highest BCUT2D eigenvalue weighted by atomic mass is 16.5. The number of hydrogen-bond donors (Lipinski definition) is 1. The zero-order valence-electron chi connectivity index (χ0n) is 10.2. The molecule has 1 unspecified atom stereocenters. The minimum atomic E-state index is -0.00285. The molecule has 3 nitrogen and oxygen atoms in total. The number of fused-ring (bicyclic) bond motifs is 1. The normalized spacial score (nSPS) is 12.6. The van der Waals surface area contributed by atoms with Crippen LogP contribution in [0.3, 0.4) is 0 Å². The molecule has 0 aliphatic heterocycles. The van der Waals surface area contributed by atoms with Crippen LogP contribution >= 0.6 is 0 Å². The van der Waals surface area contributed by atoms with Gasteiger partial charge in [-0.15, -0.1) is 0 Å². The molecule has 0 spiro atoms. The van der Waals surface area contributed by atoms with E-state index >= 15 is 0 Å². The summed E-state index contributed by atoms with van der Waals surface area (Å²) in [5, 5.41) is 11.2. The Morgan fingerprint density at radius 3 is 2.65 bits per heavy atom. The van der Waals surface area contributed by atoms with Crippen molar-refractivity contribution in [3.8, 4) is 5.88 Å². The number of hydrogen-bond acceptors (Lipinski definition) is 3. The van der Waals surface area contributed by atoms with Crippen molar-refractivity contribution in [3.63, 3.8) is 0 Å². The molecule has 0 fully saturated rings. The average molecular weight is 231 g/mol. The van der Waals surface area contributed by atoms with Crippen molar-refractivity contribution < 1.29 is 9.84 Å². The molecule has 0 aliphatic carbocycles. The van der Waals surface area contributed by atoms with Gasteiger partial charge in [-0.05, 0) is 24.8 Å². The average Bonchev–Trinajstić information content (AvgIpc) is 2.39. The fraction of sp³-hybridized carbons (Fsp3) is 0.357. The molecule has 0 amide bonds. The monoisotopic (exact) mass is 231 g/mol. The first-order valence-corrected chi connectivity index (χ1v) is 5.90. The van der Waals surface area contributed by atoms with E-state index < -0.39 is 0 Å². The van der Waals surface area contributed by atoms with E-state index in [1.165, 1.54) is 0 Å². The van der Waals surface area contributed by atoms with E-state index in [9.17, 15) is 5.11 Å². The summed E-state index contributed by atoms with van der Waals surface area (Å²) < 4.78 is 5.78. The number of pyridine rings is 1. The molecule has 2 rings (SSSR count). The summed E-state index contributed by atoms with van der Waals surface area (Å²) in [7, 11) is 0. The van der Waals surface area contributed by atoms with Crippen LogP contribution in [0.25, 0.3) is 10.8 Å². The van der Waals surface area contributed by atoms with Gasteiger partial charge < -0.3 is 9.84 Å². The first-order chi connectivity index (χ1) is 8.26. The molecule has 0 saturated heterocycles. The predicted molar refractivity (Wildman–Crippen MR) is 68.0 cm³/mol. The first-order valence-electron chi connectivity index (χ1n) is 5.90. The Hall–Kier alpha value is -1.61. The van der Waals surface area contributed by atoms with Crippen LogP contribution in [0.15, 0.2) is 30.5 Å². The Morgan fingerprint density at radius 1 is 1.29 bits per heavy atom. The minimum Gasteiger partial charge on any atom is -0.474 e. The number of benzene rings is 1. The van der Waals surface area contributed by atoms with Crippen molar-refractivity contribution in [2.24, 2.45) is 0 Å². The number of ether oxygens (including phenoxy) is 1. The van der Waals surface area contributed by atoms with Gasteiger partial charge in [0, 0.05) is 17.1 Å². The van der Waals surface area contributed by atoms with E-state index in [-0.39, 0.29) is 12.7 Å². The van der Waals surface area contributed by atoms with E-state index in [1.807, 2.05) is 31.2 Å². The van der Waals surface area contributed by atoms with E-state index in [0.29, 0.717) is 5.88 Å². The molecule has 17 heavy (non-hydrogen) atoms. The van der Waals surface area contributed by atoms with Crippen molar-refractivity contribution in [2.45, 2.75) is 33.0 Å². The van der Waals surface area contributed by atoms with Crippen molar-refractivity contribution in [3.05, 3.63) is 36.0 Å². The van der Waals surface area contributed by atoms with Crippen LogP contribution in [0.4, 0.5) is 0 Å². The summed E-state index contributed by atoms with van der Waals surface area (Å²) in [6.07, 6.45) is 2.77. The Labute approximate surface area is 101 Å². The maximum absolute atomic E-state index is 9.27. The molecular formula is C14H17NO2. The first kappa shape index (κ1) is 11.9. The van der Waals surface area contributed by atoms with Crippen LogP contribution in [-0.2, 0) is 6.61 Å². The zero-order valence-corrected chi connectivity index (χ0v) is 10.2. The molecule has 90 valence electrons. The van der Waals surface area contributed by atoms with Crippen molar-refractivity contribution >= 4 is 10.8 Å². The third-order valence-corrected chi connectivity index (χ3v) is 2.90. The van der Waals surface area contributed by atoms with Gasteiger partial charge in [-0.3, -0.25) is 0 Å². The molecule has 0 radical (unpaired) electrons. The molecule has 1 aromatic carbocycles. The summed E-state index contributed by atoms with van der Waals surface area (Å²) in [4.78, 5) is 4.28. The SMILES string of the molecule is CCC(C)Oc1ncc(CO)c2ccccc12. The predicted octanol–water partition coefficient (Wildman–Crippen LogP) is 2.90. The van der Waals surface area contributed by atoms with Crippen LogP contribution in [0.2, 0.25) is 0 Å². The lowest BCUT2D eigenvalue weighted by molar-refractivity contribution is 0.211. The highest BCUT2D eigenvalue weighted by Gasteiger charge is 2.09. The largest absolute Gasteiger partial charge is 0.474 e. The Kier molecular flexibility index (Phi) is 3.59. The van der Waals surface area contributed by atoms with Crippen LogP contribution in [0.5, 0.6) is 5.88 Å². The summed E-state index contributed by atoms with van der Waals surface area (Å²) in [6.45, 7) is 4.10. The van der Waals surface area contributed by atoms with Gasteiger partial charge in [0.15, 0.2) is 0 Å². The number of aliphatic hydroxyl groups excluding tert-OH is 1. The minimum absolute atomic E-state index is 0.00285. The molecule has 1 aromatic heterocycles. The fourth-order valence-corrected chi connectivity index (χ4v) is 1.72. The van der Waals surface area contributed by atoms with Crippen LogP contribution < -0.4 is 4.74 Å². The Balaban J connectivity index is 2.51. The lowest BCUT2D eigenvalue weighted by atomic mass is 10.1. The van der Waals surface area contributed by atoms with Gasteiger partial charge in [0.25, 0.3) is 0 Å². The number of nitrogens with zero attached hydrogens (tertiary/aromatic N) is 1. The third-order valence-electron chi connectivity index (χ3n) is 2.90. The second kappa shape index (κ2) is 5.15. The molecule has 0 bridgehead atoms. The van der Waals surface area contributed by atoms with E-state index in [1.54, 1.807) is 6.20 Å². The van der Waals surface area contributed by atoms with Gasteiger partial charge in [-0.2, -0.15) is 0 Å². The van der Waals surface area contributed by atoms with Gasteiger partial charge in [-0.1, -0.05) is 25.1 Å². The molecule has 3 heteroatoms. The van der Waals surface area contributed by atoms with Crippen molar-refractivity contribution in [1.29, 1.82) is 0 Å². The summed E-state index contributed by atoms with van der Waals surface area (Å²) in [6, 6.07) is 7.86. The molecule has 1 heterocycles. The molecule has 0 saturated carbocycles. The number of rotatable bonds is 4. The second-order valence-corrected chi connectivity index (χ2v) is 4.13. The van der Waals surface area contributed by atoms with E-state index in [2.05, 4.69) is 11.9 Å². The number of aromatic nitrogens is 1. The fourth-order valence-electron chi connectivity index (χ4n) is 1.72. The van der Waals surface area contributed by atoms with Gasteiger partial charge in [0.1, 0.15) is 0 Å². The van der Waals surface area contributed by atoms with Gasteiger partial charge >= 0.3 is 0 Å². The molecule has 1 N–H and O–H groups in total. The highest BCUT2D eigenvalue weighted by Crippen LogP contribution is 2.27. The molecule has 0 aliphatic rings. The number of aliphatic hydroxyl groups is 1. The highest BCUT2D eigenvalue weighted by molar-refractivity contribution is 5.89. The summed E-state index contributed by atoms with van der Waals surface area (Å²) in [5.41, 5.74) is 0.831. The van der Waals surface area contributed by atoms with Crippen LogP contribution in [-0.4, -0.2) is 16.2 Å². The Morgan fingerprint density at radius 2 is 2.00 bits per heavy atom. The topological polar surface area (TPSA) is 42.4 Å². The van der Waals surface area contributed by atoms with Crippen LogP contribution in [0.1, 0.15) is 25.8 Å². The Bertz CT molecular complexity index is 511. The van der Waals surface area contributed by atoms with Gasteiger partial charge in [0.2, 0.25) is 5.88 Å². The molecular weight excluding hydrogens is 214 g/mol. The standard InChI is InChI=1S/C14H17NO2/c1-3-10(2)17-14-13-7-5-4-6-12(13)11(9-16)8-15-14/h4-8,10,16H,3,9H2,1-2H3. The summed E-state index contributed by atoms with van der Waals surface area (Å²) in [5.74, 6) is 0.646. The second-order valence-electron chi connectivity index (χ2n) is 4.13. The lowest BCUT2D eigenvalue weighted by Gasteiger charge is -2.14. The lowest BCUT2D eigenvalue weighted by Crippen LogP contribution is -2.11. The van der Waals surface area contributed by atoms with E-state index in [4.69, 9.17) is 4.74 Å². The van der Waals surface area contributed by atoms with E-state index in [0.717, 1.165) is 22.8 Å². The maximum atomic E-state index is 9.27. The van der Waals surface area contributed by atoms with Gasteiger partial charge in [-0.25, -0.2) is 4.98 Å². The molecule has 1 atom stereocenters. The zero-order chi connectivity index (χ0) is 12.3. The quantitative estimate of drug-likeness (QED) is 0.879. The smallest absolute Gasteiger partial charge is 0.221 e. The third kappa shape index (κ3) is 2.39. The summed E-state index contributed by atoms with van der Waals surface area (Å²) >= 11 is 0.